The molecule has 0 unspecified atom stereocenters. The van der Waals surface area contributed by atoms with Gasteiger partial charge < -0.3 is 18.0 Å². The molecule has 5 heteroatoms. The van der Waals surface area contributed by atoms with E-state index in [1.807, 2.05) is 0 Å². The molecule has 0 bridgehead atoms. The van der Waals surface area contributed by atoms with Gasteiger partial charge in [0.1, 0.15) is 0 Å². The average molecular weight is 305 g/mol. The maximum absolute atomic E-state index is 6.16. The molecule has 1 saturated heterocycles. The molecule has 1 aliphatic rings. The van der Waals surface area contributed by atoms with Crippen LogP contribution in [0, 0.1) is 5.92 Å². The summed E-state index contributed by atoms with van der Waals surface area (Å²) in [6.45, 7) is 14.1. The van der Waals surface area contributed by atoms with Crippen molar-refractivity contribution >= 4 is 8.80 Å². The first-order chi connectivity index (χ1) is 9.33. The van der Waals surface area contributed by atoms with Crippen LogP contribution in [0.5, 0.6) is 0 Å². The van der Waals surface area contributed by atoms with Crippen molar-refractivity contribution in [2.24, 2.45) is 5.92 Å². The molecule has 0 aromatic rings. The van der Waals surface area contributed by atoms with E-state index in [0.29, 0.717) is 0 Å². The molecule has 1 heterocycles. The summed E-state index contributed by atoms with van der Waals surface area (Å²) in [7, 11) is -2.58. The number of hydrogen-bond acceptors (Lipinski definition) is 4. The van der Waals surface area contributed by atoms with Crippen LogP contribution in [-0.4, -0.2) is 40.3 Å². The summed E-state index contributed by atoms with van der Waals surface area (Å²) in [4.78, 5) is 0. The summed E-state index contributed by atoms with van der Waals surface area (Å²) in [6.07, 6.45) is 2.66. The van der Waals surface area contributed by atoms with E-state index in [0.717, 1.165) is 31.6 Å². The Balaban J connectivity index is 2.60. The first kappa shape index (κ1) is 18.1. The minimum absolute atomic E-state index is 0.131. The lowest BCUT2D eigenvalue weighted by Gasteiger charge is -2.35. The van der Waals surface area contributed by atoms with Crippen LogP contribution in [0.1, 0.15) is 54.4 Å². The minimum atomic E-state index is -2.58. The Bertz CT molecular complexity index is 238. The van der Waals surface area contributed by atoms with E-state index in [1.165, 1.54) is 6.42 Å². The van der Waals surface area contributed by atoms with Gasteiger partial charge in [-0.1, -0.05) is 0 Å². The molecule has 0 radical (unpaired) electrons. The molecule has 0 aliphatic carbocycles. The van der Waals surface area contributed by atoms with Gasteiger partial charge in [0.25, 0.3) is 0 Å². The van der Waals surface area contributed by atoms with Gasteiger partial charge in [0.2, 0.25) is 0 Å². The Morgan fingerprint density at radius 3 is 1.65 bits per heavy atom. The lowest BCUT2D eigenvalue weighted by Crippen LogP contribution is -2.50. The smallest absolute Gasteiger partial charge is 0.381 e. The van der Waals surface area contributed by atoms with Gasteiger partial charge in [0.15, 0.2) is 0 Å². The fourth-order valence-corrected chi connectivity index (χ4v) is 5.71. The van der Waals surface area contributed by atoms with Crippen molar-refractivity contribution in [2.45, 2.75) is 78.7 Å². The first-order valence-electron chi connectivity index (χ1n) is 7.94. The van der Waals surface area contributed by atoms with Gasteiger partial charge in [-0.2, -0.15) is 0 Å². The van der Waals surface area contributed by atoms with Gasteiger partial charge in [0.05, 0.1) is 13.2 Å². The van der Waals surface area contributed by atoms with Crippen molar-refractivity contribution in [1.29, 1.82) is 0 Å². The van der Waals surface area contributed by atoms with Crippen LogP contribution in [0.25, 0.3) is 0 Å². The highest BCUT2D eigenvalue weighted by atomic mass is 28.4. The Morgan fingerprint density at radius 2 is 1.35 bits per heavy atom. The van der Waals surface area contributed by atoms with Gasteiger partial charge in [-0.25, -0.2) is 0 Å². The fraction of sp³-hybridized carbons (Fsp3) is 1.00. The van der Waals surface area contributed by atoms with E-state index >= 15 is 0 Å². The first-order valence-corrected chi connectivity index (χ1v) is 9.87. The lowest BCUT2D eigenvalue weighted by atomic mass is 10.0. The molecule has 4 nitrogen and oxygen atoms in total. The predicted octanol–water partition coefficient (Wildman–Crippen LogP) is 3.63. The fourth-order valence-electron chi connectivity index (χ4n) is 2.40. The maximum atomic E-state index is 6.16. The van der Waals surface area contributed by atoms with E-state index in [2.05, 4.69) is 41.5 Å². The number of hydrogen-bond donors (Lipinski definition) is 0. The molecule has 0 saturated carbocycles. The monoisotopic (exact) mass is 304 g/mol. The van der Waals surface area contributed by atoms with Gasteiger partial charge in [-0.15, -0.1) is 0 Å². The second kappa shape index (κ2) is 8.49. The molecule has 1 rings (SSSR count). The third-order valence-electron chi connectivity index (χ3n) is 3.05. The van der Waals surface area contributed by atoms with E-state index in [1.54, 1.807) is 0 Å². The van der Waals surface area contributed by atoms with Crippen molar-refractivity contribution in [1.82, 2.24) is 0 Å². The topological polar surface area (TPSA) is 36.9 Å². The normalized spacial score (nSPS) is 17.2. The molecule has 0 amide bonds. The quantitative estimate of drug-likeness (QED) is 0.578. The Hall–Kier alpha value is 0.0569. The van der Waals surface area contributed by atoms with Gasteiger partial charge in [-0.3, -0.25) is 0 Å². The van der Waals surface area contributed by atoms with E-state index < -0.39 is 8.80 Å². The Kier molecular flexibility index (Phi) is 7.68. The van der Waals surface area contributed by atoms with Crippen LogP contribution in [0.3, 0.4) is 0 Å². The second-order valence-electron chi connectivity index (χ2n) is 6.48. The lowest BCUT2D eigenvalue weighted by molar-refractivity contribution is -0.0375. The van der Waals surface area contributed by atoms with Crippen molar-refractivity contribution in [3.8, 4) is 0 Å². The highest BCUT2D eigenvalue weighted by Crippen LogP contribution is 2.27. The minimum Gasteiger partial charge on any atom is -0.381 e. The van der Waals surface area contributed by atoms with Gasteiger partial charge in [-0.05, 0) is 54.4 Å². The summed E-state index contributed by atoms with van der Waals surface area (Å²) in [5.41, 5.74) is 0. The molecule has 0 aromatic carbocycles. The zero-order valence-electron chi connectivity index (χ0n) is 14.0. The van der Waals surface area contributed by atoms with Crippen LogP contribution in [0.2, 0.25) is 6.04 Å². The highest BCUT2D eigenvalue weighted by Gasteiger charge is 2.43. The molecule has 1 aliphatic heterocycles. The summed E-state index contributed by atoms with van der Waals surface area (Å²) in [5.74, 6) is 0.721. The third-order valence-corrected chi connectivity index (χ3v) is 6.51. The molecule has 0 N–H and O–H groups in total. The third kappa shape index (κ3) is 6.67. The molecule has 0 atom stereocenters. The van der Waals surface area contributed by atoms with Crippen LogP contribution in [0.4, 0.5) is 0 Å². The molecular weight excluding hydrogens is 272 g/mol. The maximum Gasteiger partial charge on any atom is 0.501 e. The SMILES string of the molecule is CC(C)O[Si](CCCC1COC1)(OC(C)C)OC(C)C. The molecule has 20 heavy (non-hydrogen) atoms. The van der Waals surface area contributed by atoms with Crippen molar-refractivity contribution in [2.75, 3.05) is 13.2 Å². The zero-order valence-corrected chi connectivity index (χ0v) is 15.0. The van der Waals surface area contributed by atoms with Crippen LogP contribution in [0.15, 0.2) is 0 Å². The Labute approximate surface area is 125 Å². The zero-order chi connectivity index (χ0) is 15.2. The summed E-state index contributed by atoms with van der Waals surface area (Å²) >= 11 is 0. The van der Waals surface area contributed by atoms with Crippen LogP contribution < -0.4 is 0 Å². The molecule has 0 spiro atoms. The molecule has 120 valence electrons. The van der Waals surface area contributed by atoms with E-state index in [-0.39, 0.29) is 18.3 Å². The van der Waals surface area contributed by atoms with Crippen molar-refractivity contribution < 1.29 is 18.0 Å². The van der Waals surface area contributed by atoms with E-state index in [4.69, 9.17) is 18.0 Å². The average Bonchev–Trinajstić information content (AvgIpc) is 2.18. The number of rotatable bonds is 10. The largest absolute Gasteiger partial charge is 0.501 e. The summed E-state index contributed by atoms with van der Waals surface area (Å²) in [5, 5.41) is 0. The van der Waals surface area contributed by atoms with Gasteiger partial charge >= 0.3 is 8.80 Å². The molecule has 1 fully saturated rings. The van der Waals surface area contributed by atoms with Crippen LogP contribution in [-0.2, 0) is 18.0 Å². The second-order valence-corrected chi connectivity index (χ2v) is 9.05. The van der Waals surface area contributed by atoms with Crippen molar-refractivity contribution in [3.05, 3.63) is 0 Å². The van der Waals surface area contributed by atoms with Crippen LogP contribution >= 0.6 is 0 Å². The molecular formula is C15H32O4Si. The van der Waals surface area contributed by atoms with Crippen molar-refractivity contribution in [3.63, 3.8) is 0 Å². The molecule has 0 aromatic heterocycles. The summed E-state index contributed by atoms with van der Waals surface area (Å²) < 4.78 is 23.7. The van der Waals surface area contributed by atoms with Gasteiger partial charge in [0, 0.05) is 30.3 Å². The predicted molar refractivity (Wildman–Crippen MR) is 82.8 cm³/mol. The Morgan fingerprint density at radius 1 is 0.900 bits per heavy atom. The van der Waals surface area contributed by atoms with E-state index in [9.17, 15) is 0 Å². The highest BCUT2D eigenvalue weighted by molar-refractivity contribution is 6.60. The summed E-state index contributed by atoms with van der Waals surface area (Å²) in [6, 6.07) is 0.901. The number of ether oxygens (including phenoxy) is 1. The standard InChI is InChI=1S/C15H32O4Si/c1-12(2)17-20(18-13(3)4,19-14(5)6)9-7-8-15-10-16-11-15/h12-15H,7-11H2,1-6H3.